The Kier molecular flexibility index (Phi) is 12.3. The van der Waals surface area contributed by atoms with Crippen molar-refractivity contribution >= 4 is 36.6 Å². The van der Waals surface area contributed by atoms with E-state index in [9.17, 15) is 9.59 Å². The fraction of sp³-hybridized carbons (Fsp3) is 0.636. The summed E-state index contributed by atoms with van der Waals surface area (Å²) in [4.78, 5) is 28.9. The van der Waals surface area contributed by atoms with E-state index in [1.807, 2.05) is 11.0 Å². The smallest absolute Gasteiger partial charge is 0.242 e. The summed E-state index contributed by atoms with van der Waals surface area (Å²) >= 11 is 0. The van der Waals surface area contributed by atoms with Crippen molar-refractivity contribution < 1.29 is 9.59 Å². The largest absolute Gasteiger partial charge is 0.347 e. The van der Waals surface area contributed by atoms with Crippen LogP contribution >= 0.6 is 24.8 Å². The Bertz CT molecular complexity index is 633. The van der Waals surface area contributed by atoms with Gasteiger partial charge in [0.15, 0.2) is 0 Å². The number of rotatable bonds is 7. The molecule has 2 N–H and O–H groups in total. The molecule has 2 heterocycles. The summed E-state index contributed by atoms with van der Waals surface area (Å²) in [6.45, 7) is 8.51. The van der Waals surface area contributed by atoms with Crippen LogP contribution in [0.25, 0.3) is 0 Å². The maximum atomic E-state index is 12.4. The molecule has 2 saturated heterocycles. The molecule has 8 heteroatoms. The minimum absolute atomic E-state index is 0. The lowest BCUT2D eigenvalue weighted by Crippen LogP contribution is -2.50. The van der Waals surface area contributed by atoms with E-state index in [4.69, 9.17) is 0 Å². The van der Waals surface area contributed by atoms with Crippen molar-refractivity contribution in [2.24, 2.45) is 11.8 Å². The SMILES string of the molecule is CC(CC(=O)NCC(=O)N1CCN(Cc2ccccc2)CC1)C1CCNCC1.Cl.Cl. The van der Waals surface area contributed by atoms with Gasteiger partial charge in [-0.3, -0.25) is 14.5 Å². The second-order valence-electron chi connectivity index (χ2n) is 8.19. The number of hydrogen-bond acceptors (Lipinski definition) is 4. The van der Waals surface area contributed by atoms with E-state index < -0.39 is 0 Å². The van der Waals surface area contributed by atoms with Gasteiger partial charge in [-0.2, -0.15) is 0 Å². The highest BCUT2D eigenvalue weighted by molar-refractivity contribution is 5.86. The summed E-state index contributed by atoms with van der Waals surface area (Å²) in [5, 5.41) is 6.20. The Labute approximate surface area is 193 Å². The first-order valence-corrected chi connectivity index (χ1v) is 10.6. The Balaban J connectivity index is 0.00000225. The molecular formula is C22H36Cl2N4O2. The zero-order valence-electron chi connectivity index (χ0n) is 17.8. The van der Waals surface area contributed by atoms with Crippen LogP contribution in [0.15, 0.2) is 30.3 Å². The molecule has 6 nitrogen and oxygen atoms in total. The molecule has 1 aromatic carbocycles. The molecule has 2 aliphatic rings. The van der Waals surface area contributed by atoms with Crippen molar-refractivity contribution in [1.29, 1.82) is 0 Å². The van der Waals surface area contributed by atoms with Gasteiger partial charge in [-0.1, -0.05) is 37.3 Å². The maximum Gasteiger partial charge on any atom is 0.242 e. The third-order valence-corrected chi connectivity index (χ3v) is 6.11. The van der Waals surface area contributed by atoms with Gasteiger partial charge in [0.05, 0.1) is 6.54 Å². The van der Waals surface area contributed by atoms with Crippen LogP contribution < -0.4 is 10.6 Å². The molecule has 170 valence electrons. The highest BCUT2D eigenvalue weighted by atomic mass is 35.5. The number of nitrogens with zero attached hydrogens (tertiary/aromatic N) is 2. The third-order valence-electron chi connectivity index (χ3n) is 6.11. The van der Waals surface area contributed by atoms with Gasteiger partial charge in [0.2, 0.25) is 11.8 Å². The summed E-state index contributed by atoms with van der Waals surface area (Å²) < 4.78 is 0. The second kappa shape index (κ2) is 13.9. The molecule has 2 amide bonds. The minimum Gasteiger partial charge on any atom is -0.347 e. The molecule has 1 unspecified atom stereocenters. The van der Waals surface area contributed by atoms with Gasteiger partial charge in [-0.15, -0.1) is 24.8 Å². The predicted octanol–water partition coefficient (Wildman–Crippen LogP) is 2.32. The summed E-state index contributed by atoms with van der Waals surface area (Å²) in [6, 6.07) is 10.4. The van der Waals surface area contributed by atoms with Crippen LogP contribution in [0.2, 0.25) is 0 Å². The summed E-state index contributed by atoms with van der Waals surface area (Å²) in [5.41, 5.74) is 1.30. The summed E-state index contributed by atoms with van der Waals surface area (Å²) in [7, 11) is 0. The van der Waals surface area contributed by atoms with Crippen LogP contribution in [-0.4, -0.2) is 67.4 Å². The fourth-order valence-corrected chi connectivity index (χ4v) is 4.23. The number of halogens is 2. The van der Waals surface area contributed by atoms with Gasteiger partial charge < -0.3 is 15.5 Å². The molecule has 3 rings (SSSR count). The minimum atomic E-state index is 0. The summed E-state index contributed by atoms with van der Waals surface area (Å²) in [6.07, 6.45) is 2.80. The van der Waals surface area contributed by atoms with Crippen molar-refractivity contribution in [2.45, 2.75) is 32.7 Å². The van der Waals surface area contributed by atoms with E-state index in [2.05, 4.69) is 46.7 Å². The van der Waals surface area contributed by atoms with Crippen LogP contribution in [0.1, 0.15) is 31.7 Å². The van der Waals surface area contributed by atoms with E-state index >= 15 is 0 Å². The molecule has 0 bridgehead atoms. The van der Waals surface area contributed by atoms with E-state index in [0.717, 1.165) is 58.7 Å². The molecule has 0 radical (unpaired) electrons. The quantitative estimate of drug-likeness (QED) is 0.657. The zero-order valence-corrected chi connectivity index (χ0v) is 19.5. The average Bonchev–Trinajstić information content (AvgIpc) is 2.74. The highest BCUT2D eigenvalue weighted by Crippen LogP contribution is 2.24. The number of carbonyl (C=O) groups is 2. The van der Waals surface area contributed by atoms with Gasteiger partial charge in [-0.05, 0) is 43.3 Å². The maximum absolute atomic E-state index is 12.4. The first-order chi connectivity index (χ1) is 13.6. The average molecular weight is 459 g/mol. The molecule has 0 aliphatic carbocycles. The van der Waals surface area contributed by atoms with Crippen LogP contribution in [0, 0.1) is 11.8 Å². The first-order valence-electron chi connectivity index (χ1n) is 10.6. The molecule has 2 aliphatic heterocycles. The van der Waals surface area contributed by atoms with Gasteiger partial charge in [0, 0.05) is 39.1 Å². The molecule has 0 saturated carbocycles. The van der Waals surface area contributed by atoms with E-state index in [0.29, 0.717) is 18.3 Å². The van der Waals surface area contributed by atoms with Crippen molar-refractivity contribution in [3.05, 3.63) is 35.9 Å². The fourth-order valence-electron chi connectivity index (χ4n) is 4.23. The molecular weight excluding hydrogens is 423 g/mol. The first kappa shape index (κ1) is 26.7. The normalized spacial score (nSPS) is 18.6. The van der Waals surface area contributed by atoms with Gasteiger partial charge in [0.25, 0.3) is 0 Å². The zero-order chi connectivity index (χ0) is 19.8. The third kappa shape index (κ3) is 8.42. The number of benzene rings is 1. The predicted molar refractivity (Wildman–Crippen MR) is 125 cm³/mol. The number of amides is 2. The Hall–Kier alpha value is -1.34. The molecule has 2 fully saturated rings. The van der Waals surface area contributed by atoms with E-state index in [-0.39, 0.29) is 43.2 Å². The number of nitrogens with one attached hydrogen (secondary N) is 2. The second-order valence-corrected chi connectivity index (χ2v) is 8.19. The lowest BCUT2D eigenvalue weighted by atomic mass is 9.84. The standard InChI is InChI=1S/C22H34N4O2.2ClH/c1-18(20-7-9-23-10-8-20)15-21(27)24-16-22(28)26-13-11-25(12-14-26)17-19-5-3-2-4-6-19;;/h2-6,18,20,23H,7-17H2,1H3,(H,24,27);2*1H. The van der Waals surface area contributed by atoms with Crippen LogP contribution in [0.5, 0.6) is 0 Å². The molecule has 30 heavy (non-hydrogen) atoms. The van der Waals surface area contributed by atoms with E-state index in [1.165, 1.54) is 5.56 Å². The number of piperidine rings is 1. The van der Waals surface area contributed by atoms with Gasteiger partial charge in [0.1, 0.15) is 0 Å². The molecule has 0 aromatic heterocycles. The summed E-state index contributed by atoms with van der Waals surface area (Å²) in [5.74, 6) is 1.02. The van der Waals surface area contributed by atoms with Crippen LogP contribution in [0.3, 0.4) is 0 Å². The lowest BCUT2D eigenvalue weighted by Gasteiger charge is -2.34. The van der Waals surface area contributed by atoms with Crippen molar-refractivity contribution in [1.82, 2.24) is 20.4 Å². The lowest BCUT2D eigenvalue weighted by molar-refractivity contribution is -0.134. The Morgan fingerprint density at radius 3 is 2.33 bits per heavy atom. The Morgan fingerprint density at radius 1 is 1.07 bits per heavy atom. The van der Waals surface area contributed by atoms with Gasteiger partial charge >= 0.3 is 0 Å². The number of carbonyl (C=O) groups excluding carboxylic acids is 2. The molecule has 0 spiro atoms. The van der Waals surface area contributed by atoms with E-state index in [1.54, 1.807) is 0 Å². The van der Waals surface area contributed by atoms with Crippen LogP contribution in [-0.2, 0) is 16.1 Å². The monoisotopic (exact) mass is 458 g/mol. The number of hydrogen-bond donors (Lipinski definition) is 2. The highest BCUT2D eigenvalue weighted by Gasteiger charge is 2.24. The van der Waals surface area contributed by atoms with Crippen molar-refractivity contribution in [3.8, 4) is 0 Å². The molecule has 1 atom stereocenters. The Morgan fingerprint density at radius 2 is 1.70 bits per heavy atom. The van der Waals surface area contributed by atoms with Crippen molar-refractivity contribution in [2.75, 3.05) is 45.8 Å². The van der Waals surface area contributed by atoms with Gasteiger partial charge in [-0.25, -0.2) is 0 Å². The van der Waals surface area contributed by atoms with Crippen LogP contribution in [0.4, 0.5) is 0 Å². The topological polar surface area (TPSA) is 64.7 Å². The van der Waals surface area contributed by atoms with Crippen molar-refractivity contribution in [3.63, 3.8) is 0 Å². The number of piperazine rings is 1. The molecule has 1 aromatic rings.